The van der Waals surface area contributed by atoms with Crippen molar-refractivity contribution in [1.29, 1.82) is 0 Å². The lowest BCUT2D eigenvalue weighted by Crippen LogP contribution is -2.37. The van der Waals surface area contributed by atoms with Crippen LogP contribution < -0.4 is 10.9 Å². The summed E-state index contributed by atoms with van der Waals surface area (Å²) in [4.78, 5) is 30.7. The van der Waals surface area contributed by atoms with E-state index in [0.717, 1.165) is 27.6 Å². The maximum atomic E-state index is 13.2. The third kappa shape index (κ3) is 5.44. The Kier molecular flexibility index (Phi) is 6.80. The zero-order chi connectivity index (χ0) is 23.4. The lowest BCUT2D eigenvalue weighted by molar-refractivity contribution is 0.209. The summed E-state index contributed by atoms with van der Waals surface area (Å²) in [6.07, 6.45) is 0.679. The molecule has 0 atom stereocenters. The topological polar surface area (TPSA) is 65.2 Å². The summed E-state index contributed by atoms with van der Waals surface area (Å²) in [6.45, 7) is 4.69. The summed E-state index contributed by atoms with van der Waals surface area (Å²) < 4.78 is 0. The van der Waals surface area contributed by atoms with Gasteiger partial charge in [0.1, 0.15) is 0 Å². The fourth-order valence-corrected chi connectivity index (χ4v) is 3.92. The van der Waals surface area contributed by atoms with Crippen LogP contribution in [0.15, 0.2) is 77.6 Å². The van der Waals surface area contributed by atoms with Gasteiger partial charge < -0.3 is 15.2 Å². The molecule has 0 aliphatic heterocycles. The number of halogens is 1. The van der Waals surface area contributed by atoms with Gasteiger partial charge in [-0.25, -0.2) is 4.79 Å². The molecule has 0 unspecified atom stereocenters. The van der Waals surface area contributed by atoms with Gasteiger partial charge in [-0.2, -0.15) is 0 Å². The van der Waals surface area contributed by atoms with E-state index in [1.165, 1.54) is 0 Å². The van der Waals surface area contributed by atoms with Crippen molar-refractivity contribution in [3.05, 3.63) is 110 Å². The molecule has 0 saturated carbocycles. The van der Waals surface area contributed by atoms with Crippen LogP contribution in [0.3, 0.4) is 0 Å². The highest BCUT2D eigenvalue weighted by Gasteiger charge is 2.17. The third-order valence-electron chi connectivity index (χ3n) is 5.89. The molecule has 6 heteroatoms. The molecule has 1 heterocycles. The van der Waals surface area contributed by atoms with Gasteiger partial charge in [0.05, 0.1) is 12.1 Å². The second-order valence-corrected chi connectivity index (χ2v) is 8.63. The number of nitrogens with one attached hydrogen (secondary N) is 2. The van der Waals surface area contributed by atoms with Crippen molar-refractivity contribution in [3.8, 4) is 0 Å². The fourth-order valence-electron chi connectivity index (χ4n) is 3.79. The van der Waals surface area contributed by atoms with Crippen LogP contribution in [0.25, 0.3) is 10.9 Å². The van der Waals surface area contributed by atoms with E-state index < -0.39 is 0 Å². The number of nitrogens with zero attached hydrogens (tertiary/aromatic N) is 1. The summed E-state index contributed by atoms with van der Waals surface area (Å²) in [5.74, 6) is 0. The van der Waals surface area contributed by atoms with E-state index in [1.54, 1.807) is 29.2 Å². The Bertz CT molecular complexity index is 1330. The van der Waals surface area contributed by atoms with Crippen molar-refractivity contribution >= 4 is 34.2 Å². The quantitative estimate of drug-likeness (QED) is 0.367. The number of pyridine rings is 1. The Hall–Kier alpha value is -3.57. The van der Waals surface area contributed by atoms with E-state index in [0.29, 0.717) is 29.2 Å². The van der Waals surface area contributed by atoms with Crippen LogP contribution in [0.5, 0.6) is 0 Å². The van der Waals surface area contributed by atoms with E-state index in [-0.39, 0.29) is 18.1 Å². The number of carbonyl (C=O) groups excluding carboxylic acids is 1. The van der Waals surface area contributed by atoms with Crippen molar-refractivity contribution in [2.75, 3.05) is 11.9 Å². The highest BCUT2D eigenvalue weighted by molar-refractivity contribution is 6.30. The number of aromatic amines is 1. The molecule has 33 heavy (non-hydrogen) atoms. The molecule has 0 spiro atoms. The van der Waals surface area contributed by atoms with Crippen molar-refractivity contribution in [2.24, 2.45) is 0 Å². The number of rotatable bonds is 6. The number of urea groups is 1. The van der Waals surface area contributed by atoms with Gasteiger partial charge in [0, 0.05) is 22.8 Å². The van der Waals surface area contributed by atoms with Crippen molar-refractivity contribution in [2.45, 2.75) is 26.8 Å². The van der Waals surface area contributed by atoms with E-state index in [1.807, 2.05) is 62.4 Å². The number of fused-ring (bicyclic) bond motifs is 1. The number of carbonyl (C=O) groups is 1. The van der Waals surface area contributed by atoms with Crippen LogP contribution in [-0.4, -0.2) is 22.5 Å². The van der Waals surface area contributed by atoms with Crippen LogP contribution >= 0.6 is 11.6 Å². The number of amides is 2. The molecule has 4 aromatic rings. The summed E-state index contributed by atoms with van der Waals surface area (Å²) in [5, 5.41) is 4.47. The Balaban J connectivity index is 1.61. The lowest BCUT2D eigenvalue weighted by atomic mass is 10.0. The minimum atomic E-state index is -0.271. The Labute approximate surface area is 198 Å². The van der Waals surface area contributed by atoms with Gasteiger partial charge in [-0.05, 0) is 72.7 Å². The number of hydrogen-bond donors (Lipinski definition) is 2. The molecule has 5 nitrogen and oxygen atoms in total. The van der Waals surface area contributed by atoms with Gasteiger partial charge in [0.15, 0.2) is 0 Å². The van der Waals surface area contributed by atoms with Crippen LogP contribution in [0.4, 0.5) is 10.5 Å². The first kappa shape index (κ1) is 22.6. The average molecular weight is 460 g/mol. The van der Waals surface area contributed by atoms with E-state index in [2.05, 4.69) is 10.3 Å². The molecule has 1 aromatic heterocycles. The van der Waals surface area contributed by atoms with Gasteiger partial charge in [-0.3, -0.25) is 4.79 Å². The smallest absolute Gasteiger partial charge is 0.321 e. The van der Waals surface area contributed by atoms with Crippen LogP contribution in [-0.2, 0) is 13.0 Å². The zero-order valence-electron chi connectivity index (χ0n) is 18.7. The number of hydrogen-bond acceptors (Lipinski definition) is 2. The minimum Gasteiger partial charge on any atom is -0.321 e. The first-order valence-electron chi connectivity index (χ1n) is 10.9. The van der Waals surface area contributed by atoms with Gasteiger partial charge in [0.25, 0.3) is 5.56 Å². The molecule has 168 valence electrons. The Morgan fingerprint density at radius 2 is 1.73 bits per heavy atom. The normalized spacial score (nSPS) is 10.9. The maximum Gasteiger partial charge on any atom is 0.322 e. The molecule has 0 bridgehead atoms. The van der Waals surface area contributed by atoms with E-state index >= 15 is 0 Å². The fraction of sp³-hybridized carbons (Fsp3) is 0.185. The molecule has 2 amide bonds. The van der Waals surface area contributed by atoms with E-state index in [4.69, 9.17) is 11.6 Å². The number of aromatic nitrogens is 1. The molecule has 0 fully saturated rings. The van der Waals surface area contributed by atoms with Crippen LogP contribution in [0.2, 0.25) is 5.02 Å². The number of benzene rings is 3. The molecule has 0 aliphatic carbocycles. The molecule has 2 N–H and O–H groups in total. The third-order valence-corrected chi connectivity index (χ3v) is 6.14. The van der Waals surface area contributed by atoms with E-state index in [9.17, 15) is 9.59 Å². The second-order valence-electron chi connectivity index (χ2n) is 8.19. The molecular weight excluding hydrogens is 434 g/mol. The number of aryl methyl sites for hydroxylation is 2. The number of anilines is 1. The summed E-state index contributed by atoms with van der Waals surface area (Å²) in [7, 11) is 0. The summed E-state index contributed by atoms with van der Waals surface area (Å²) in [6, 6.07) is 22.6. The second kappa shape index (κ2) is 9.92. The highest BCUT2D eigenvalue weighted by Crippen LogP contribution is 2.20. The highest BCUT2D eigenvalue weighted by atomic mass is 35.5. The van der Waals surface area contributed by atoms with Gasteiger partial charge >= 0.3 is 6.03 Å². The standard InChI is InChI=1S/C27H26ClN3O2/c1-18-8-9-21-16-22(26(32)30-25(21)19(18)2)17-31(15-14-20-6-4-3-5-7-20)27(33)29-24-12-10-23(28)11-13-24/h3-13,16H,14-15,17H2,1-2H3,(H,29,33)(H,30,32). The first-order valence-corrected chi connectivity index (χ1v) is 11.3. The average Bonchev–Trinajstić information content (AvgIpc) is 2.82. The zero-order valence-corrected chi connectivity index (χ0v) is 19.4. The molecule has 0 saturated heterocycles. The van der Waals surface area contributed by atoms with Gasteiger partial charge in [-0.15, -0.1) is 0 Å². The maximum absolute atomic E-state index is 13.2. The van der Waals surface area contributed by atoms with Crippen LogP contribution in [0, 0.1) is 13.8 Å². The lowest BCUT2D eigenvalue weighted by Gasteiger charge is -2.23. The molecular formula is C27H26ClN3O2. The van der Waals surface area contributed by atoms with Crippen LogP contribution in [0.1, 0.15) is 22.3 Å². The van der Waals surface area contributed by atoms with Crippen molar-refractivity contribution < 1.29 is 4.79 Å². The first-order chi connectivity index (χ1) is 15.9. The SMILES string of the molecule is Cc1ccc2cc(CN(CCc3ccccc3)C(=O)Nc3ccc(Cl)cc3)c(=O)[nH]c2c1C. The largest absolute Gasteiger partial charge is 0.322 e. The minimum absolute atomic E-state index is 0.180. The molecule has 3 aromatic carbocycles. The predicted octanol–water partition coefficient (Wildman–Crippen LogP) is 6.08. The Morgan fingerprint density at radius 3 is 2.45 bits per heavy atom. The monoisotopic (exact) mass is 459 g/mol. The van der Waals surface area contributed by atoms with Gasteiger partial charge in [0.2, 0.25) is 0 Å². The molecule has 0 aliphatic rings. The number of H-pyrrole nitrogens is 1. The molecule has 0 radical (unpaired) electrons. The Morgan fingerprint density at radius 1 is 1.00 bits per heavy atom. The summed E-state index contributed by atoms with van der Waals surface area (Å²) in [5.41, 5.74) is 5.15. The van der Waals surface area contributed by atoms with Gasteiger partial charge in [-0.1, -0.05) is 54.1 Å². The van der Waals surface area contributed by atoms with Crippen molar-refractivity contribution in [3.63, 3.8) is 0 Å². The summed E-state index contributed by atoms with van der Waals surface area (Å²) >= 11 is 5.96. The molecule has 4 rings (SSSR count). The van der Waals surface area contributed by atoms with Crippen molar-refractivity contribution in [1.82, 2.24) is 9.88 Å². The predicted molar refractivity (Wildman–Crippen MR) is 135 cm³/mol.